The van der Waals surface area contributed by atoms with Crippen molar-refractivity contribution in [1.29, 1.82) is 0 Å². The van der Waals surface area contributed by atoms with Crippen LogP contribution in [0.1, 0.15) is 66.2 Å². The Balaban J connectivity index is 2.19. The third-order valence-corrected chi connectivity index (χ3v) is 10.7. The van der Waals surface area contributed by atoms with Crippen LogP contribution >= 0.6 is 0 Å². The molecule has 2 aliphatic rings. The molecule has 0 aromatic carbocycles. The van der Waals surface area contributed by atoms with Crippen molar-refractivity contribution in [2.75, 3.05) is 13.2 Å². The van der Waals surface area contributed by atoms with Gasteiger partial charge in [-0.2, -0.15) is 0 Å². The van der Waals surface area contributed by atoms with Gasteiger partial charge in [-0.25, -0.2) is 0 Å². The summed E-state index contributed by atoms with van der Waals surface area (Å²) in [5, 5.41) is 0. The second kappa shape index (κ2) is 6.73. The van der Waals surface area contributed by atoms with Gasteiger partial charge in [0.1, 0.15) is 0 Å². The molecule has 4 unspecified atom stereocenters. The normalized spacial score (nSPS) is 34.7. The largest absolute Gasteiger partial charge is 0.394 e. The topological polar surface area (TPSA) is 18.5 Å². The van der Waals surface area contributed by atoms with Gasteiger partial charge in [0, 0.05) is 24.3 Å². The molecule has 2 aliphatic carbocycles. The first-order valence-corrected chi connectivity index (χ1v) is 10.5. The molecule has 0 heterocycles. The molecule has 2 nitrogen and oxygen atoms in total. The van der Waals surface area contributed by atoms with Gasteiger partial charge in [-0.05, 0) is 38.5 Å². The molecular weight excluding hydrogens is 252 g/mol. The summed E-state index contributed by atoms with van der Waals surface area (Å²) in [5.74, 6) is 1.76. The molecule has 0 saturated heterocycles. The molecule has 19 heavy (non-hydrogen) atoms. The van der Waals surface area contributed by atoms with Gasteiger partial charge in [0.25, 0.3) is 0 Å². The monoisotopic (exact) mass is 284 g/mol. The fourth-order valence-corrected chi connectivity index (χ4v) is 10.0. The van der Waals surface area contributed by atoms with Gasteiger partial charge < -0.3 is 8.85 Å². The fraction of sp³-hybridized carbons (Fsp3) is 1.00. The minimum atomic E-state index is -2.00. The zero-order valence-corrected chi connectivity index (χ0v) is 14.3. The van der Waals surface area contributed by atoms with Gasteiger partial charge in [0.05, 0.1) is 0 Å². The van der Waals surface area contributed by atoms with Crippen LogP contribution < -0.4 is 0 Å². The maximum absolute atomic E-state index is 6.46. The smallest absolute Gasteiger partial charge is 0.345 e. The first-order chi connectivity index (χ1) is 9.23. The summed E-state index contributed by atoms with van der Waals surface area (Å²) in [6, 6.07) is 0. The SMILES string of the molecule is CCO[Si](OCC)(C1CCC1CC)C1CCC1CC. The van der Waals surface area contributed by atoms with Crippen LogP contribution in [0.4, 0.5) is 0 Å². The number of rotatable bonds is 8. The average molecular weight is 285 g/mol. The van der Waals surface area contributed by atoms with E-state index in [1.807, 2.05) is 0 Å². The van der Waals surface area contributed by atoms with E-state index in [1.54, 1.807) is 0 Å². The summed E-state index contributed by atoms with van der Waals surface area (Å²) in [5.41, 5.74) is 1.55. The van der Waals surface area contributed by atoms with Crippen LogP contribution in [0, 0.1) is 11.8 Å². The van der Waals surface area contributed by atoms with Crippen molar-refractivity contribution in [2.45, 2.75) is 77.3 Å². The molecule has 112 valence electrons. The highest BCUT2D eigenvalue weighted by Gasteiger charge is 2.60. The third-order valence-electron chi connectivity index (χ3n) is 5.66. The van der Waals surface area contributed by atoms with Gasteiger partial charge in [0.2, 0.25) is 0 Å². The van der Waals surface area contributed by atoms with E-state index < -0.39 is 8.56 Å². The number of hydrogen-bond acceptors (Lipinski definition) is 2. The van der Waals surface area contributed by atoms with Crippen LogP contribution in [-0.4, -0.2) is 21.8 Å². The molecule has 0 spiro atoms. The summed E-state index contributed by atoms with van der Waals surface area (Å²) in [6.45, 7) is 10.7. The summed E-state index contributed by atoms with van der Waals surface area (Å²) in [7, 11) is -2.00. The second-order valence-corrected chi connectivity index (χ2v) is 9.80. The molecule has 2 rings (SSSR count). The molecule has 0 bridgehead atoms. The molecule has 2 fully saturated rings. The summed E-state index contributed by atoms with van der Waals surface area (Å²) in [4.78, 5) is 0. The van der Waals surface area contributed by atoms with E-state index in [-0.39, 0.29) is 0 Å². The molecule has 3 heteroatoms. The predicted molar refractivity (Wildman–Crippen MR) is 82.5 cm³/mol. The van der Waals surface area contributed by atoms with Gasteiger partial charge in [-0.3, -0.25) is 0 Å². The Morgan fingerprint density at radius 1 is 0.737 bits per heavy atom. The molecule has 0 N–H and O–H groups in total. The minimum Gasteiger partial charge on any atom is -0.394 e. The van der Waals surface area contributed by atoms with Crippen LogP contribution in [0.15, 0.2) is 0 Å². The Kier molecular flexibility index (Phi) is 5.50. The Morgan fingerprint density at radius 3 is 1.37 bits per heavy atom. The van der Waals surface area contributed by atoms with Crippen LogP contribution in [0.2, 0.25) is 11.1 Å². The van der Waals surface area contributed by atoms with Crippen molar-refractivity contribution in [3.63, 3.8) is 0 Å². The van der Waals surface area contributed by atoms with Crippen LogP contribution in [0.3, 0.4) is 0 Å². The molecule has 2 saturated carbocycles. The van der Waals surface area contributed by atoms with Gasteiger partial charge >= 0.3 is 8.56 Å². The van der Waals surface area contributed by atoms with Gasteiger partial charge in [0.15, 0.2) is 0 Å². The maximum Gasteiger partial charge on any atom is 0.345 e. The number of hydrogen-bond donors (Lipinski definition) is 0. The standard InChI is InChI=1S/C16H32O2Si/c1-5-13-9-11-15(13)19(17-7-3,18-8-4)16-12-10-14(16)6-2/h13-16H,5-12H2,1-4H3. The zero-order valence-electron chi connectivity index (χ0n) is 13.3. The highest BCUT2D eigenvalue weighted by molar-refractivity contribution is 6.71. The van der Waals surface area contributed by atoms with E-state index in [9.17, 15) is 0 Å². The molecule has 0 aromatic rings. The van der Waals surface area contributed by atoms with E-state index in [4.69, 9.17) is 8.85 Å². The van der Waals surface area contributed by atoms with Crippen LogP contribution in [-0.2, 0) is 8.85 Å². The van der Waals surface area contributed by atoms with Crippen molar-refractivity contribution >= 4 is 8.56 Å². The van der Waals surface area contributed by atoms with Crippen molar-refractivity contribution in [3.8, 4) is 0 Å². The zero-order chi connectivity index (χ0) is 13.9. The van der Waals surface area contributed by atoms with E-state index in [1.165, 1.54) is 38.5 Å². The lowest BCUT2D eigenvalue weighted by molar-refractivity contribution is 0.0955. The lowest BCUT2D eigenvalue weighted by Crippen LogP contribution is -2.59. The quantitative estimate of drug-likeness (QED) is 0.591. The Hall–Kier alpha value is 0.137. The molecular formula is C16H32O2Si. The summed E-state index contributed by atoms with van der Waals surface area (Å²) in [6.07, 6.45) is 8.14. The van der Waals surface area contributed by atoms with E-state index in [0.717, 1.165) is 36.1 Å². The summed E-state index contributed by atoms with van der Waals surface area (Å²) >= 11 is 0. The molecule has 0 amide bonds. The predicted octanol–water partition coefficient (Wildman–Crippen LogP) is 4.88. The van der Waals surface area contributed by atoms with E-state index in [2.05, 4.69) is 27.7 Å². The lowest BCUT2D eigenvalue weighted by Gasteiger charge is -2.55. The van der Waals surface area contributed by atoms with Crippen molar-refractivity contribution in [2.24, 2.45) is 11.8 Å². The fourth-order valence-electron chi connectivity index (χ4n) is 4.37. The Bertz CT molecular complexity index is 250. The molecule has 4 atom stereocenters. The van der Waals surface area contributed by atoms with Gasteiger partial charge in [-0.15, -0.1) is 0 Å². The summed E-state index contributed by atoms with van der Waals surface area (Å²) < 4.78 is 12.9. The maximum atomic E-state index is 6.46. The third kappa shape index (κ3) is 2.66. The lowest BCUT2D eigenvalue weighted by atomic mass is 9.81. The first kappa shape index (κ1) is 15.5. The van der Waals surface area contributed by atoms with E-state index in [0.29, 0.717) is 0 Å². The van der Waals surface area contributed by atoms with E-state index >= 15 is 0 Å². The highest BCUT2D eigenvalue weighted by atomic mass is 28.4. The van der Waals surface area contributed by atoms with Crippen molar-refractivity contribution in [1.82, 2.24) is 0 Å². The molecule has 0 aliphatic heterocycles. The minimum absolute atomic E-state index is 0.775. The van der Waals surface area contributed by atoms with Crippen LogP contribution in [0.5, 0.6) is 0 Å². The molecule has 0 radical (unpaired) electrons. The second-order valence-electron chi connectivity index (χ2n) is 6.29. The Labute approximate surface area is 120 Å². The highest BCUT2D eigenvalue weighted by Crippen LogP contribution is 2.59. The average Bonchev–Trinajstić information content (AvgIpc) is 2.27. The first-order valence-electron chi connectivity index (χ1n) is 8.51. The Morgan fingerprint density at radius 2 is 1.16 bits per heavy atom. The van der Waals surface area contributed by atoms with Crippen LogP contribution in [0.25, 0.3) is 0 Å². The van der Waals surface area contributed by atoms with Crippen molar-refractivity contribution < 1.29 is 8.85 Å². The van der Waals surface area contributed by atoms with Gasteiger partial charge in [-0.1, -0.05) is 39.5 Å². The van der Waals surface area contributed by atoms with Crippen molar-refractivity contribution in [3.05, 3.63) is 0 Å². The molecule has 0 aromatic heterocycles.